The lowest BCUT2D eigenvalue weighted by Gasteiger charge is -2.14. The first kappa shape index (κ1) is 21.7. The highest BCUT2D eigenvalue weighted by atomic mass is 16.1. The molecular formula is C25H22N6O2. The molecule has 4 aromatic rings. The Balaban J connectivity index is 1.91. The van der Waals surface area contributed by atoms with Crippen LogP contribution >= 0.6 is 0 Å². The van der Waals surface area contributed by atoms with Crippen LogP contribution in [0, 0.1) is 32.1 Å². The summed E-state index contributed by atoms with van der Waals surface area (Å²) in [5, 5.41) is 18.3. The summed E-state index contributed by atoms with van der Waals surface area (Å²) in [6.45, 7) is 5.20. The van der Waals surface area contributed by atoms with E-state index in [-0.39, 0.29) is 16.8 Å². The Hall–Kier alpha value is -4.51. The number of benzene rings is 2. The molecule has 0 aliphatic carbocycles. The first-order valence-electron chi connectivity index (χ1n) is 10.3. The van der Waals surface area contributed by atoms with E-state index in [1.165, 1.54) is 9.25 Å². The number of aromatic nitrogens is 3. The zero-order valence-corrected chi connectivity index (χ0v) is 18.8. The van der Waals surface area contributed by atoms with Crippen molar-refractivity contribution in [2.75, 3.05) is 0 Å². The average molecular weight is 438 g/mol. The topological polar surface area (TPSA) is 97.4 Å². The second kappa shape index (κ2) is 8.55. The van der Waals surface area contributed by atoms with Gasteiger partial charge in [-0.2, -0.15) is 5.26 Å². The first-order valence-corrected chi connectivity index (χ1v) is 10.3. The third-order valence-corrected chi connectivity index (χ3v) is 5.73. The lowest BCUT2D eigenvalue weighted by Crippen LogP contribution is -2.24. The van der Waals surface area contributed by atoms with E-state index in [1.807, 2.05) is 54.6 Å². The van der Waals surface area contributed by atoms with E-state index >= 15 is 0 Å². The number of hydrogen-bond acceptors (Lipinski definition) is 5. The molecule has 0 saturated heterocycles. The zero-order valence-electron chi connectivity index (χ0n) is 18.8. The molecule has 0 aliphatic rings. The summed E-state index contributed by atoms with van der Waals surface area (Å²) in [5.74, 6) is 0. The van der Waals surface area contributed by atoms with Crippen LogP contribution in [0.5, 0.6) is 0 Å². The number of nitriles is 1. The number of nitrogens with zero attached hydrogens (tertiary/aromatic N) is 6. The van der Waals surface area contributed by atoms with E-state index in [4.69, 9.17) is 0 Å². The van der Waals surface area contributed by atoms with Gasteiger partial charge in [-0.25, -0.2) is 4.68 Å². The van der Waals surface area contributed by atoms with Gasteiger partial charge in [0.1, 0.15) is 17.3 Å². The van der Waals surface area contributed by atoms with E-state index in [9.17, 15) is 14.9 Å². The van der Waals surface area contributed by atoms with E-state index in [2.05, 4.69) is 10.2 Å². The molecule has 0 amide bonds. The third kappa shape index (κ3) is 3.59. The summed E-state index contributed by atoms with van der Waals surface area (Å²) in [6, 6.07) is 20.3. The van der Waals surface area contributed by atoms with Crippen LogP contribution in [0.4, 0.5) is 11.4 Å². The summed E-state index contributed by atoms with van der Waals surface area (Å²) in [4.78, 5) is 26.1. The van der Waals surface area contributed by atoms with Crippen molar-refractivity contribution in [3.8, 4) is 17.4 Å². The predicted molar refractivity (Wildman–Crippen MR) is 126 cm³/mol. The second-order valence-corrected chi connectivity index (χ2v) is 7.63. The zero-order chi connectivity index (χ0) is 23.7. The minimum atomic E-state index is -0.417. The lowest BCUT2D eigenvalue weighted by atomic mass is 10.1. The Morgan fingerprint density at radius 2 is 1.30 bits per heavy atom. The maximum atomic E-state index is 13.1. The molecule has 164 valence electrons. The summed E-state index contributed by atoms with van der Waals surface area (Å²) in [5.41, 5.74) is 2.76. The van der Waals surface area contributed by atoms with Crippen LogP contribution in [-0.4, -0.2) is 13.9 Å². The molecule has 0 radical (unpaired) electrons. The van der Waals surface area contributed by atoms with Crippen molar-refractivity contribution >= 4 is 11.4 Å². The fourth-order valence-corrected chi connectivity index (χ4v) is 3.86. The van der Waals surface area contributed by atoms with Crippen LogP contribution in [0.1, 0.15) is 22.5 Å². The SMILES string of the molecule is Cc1c(N=Nc2c(C)n(C)n(-c3ccccc3)c2=O)c(C)n(-c2ccccc2)c(=O)c1C#N. The van der Waals surface area contributed by atoms with Gasteiger partial charge in [-0.15, -0.1) is 10.2 Å². The molecule has 0 fully saturated rings. The van der Waals surface area contributed by atoms with E-state index in [1.54, 1.807) is 44.6 Å². The standard InChI is InChI=1S/C25H22N6O2/c1-16-21(15-26)24(32)30(19-11-7-5-8-12-19)18(3)22(16)27-28-23-17(2)29(4)31(25(23)33)20-13-9-6-10-14-20/h5-14H,1-4H3. The molecule has 33 heavy (non-hydrogen) atoms. The van der Waals surface area contributed by atoms with Gasteiger partial charge in [-0.3, -0.25) is 18.8 Å². The van der Waals surface area contributed by atoms with Crippen LogP contribution in [0.2, 0.25) is 0 Å². The van der Waals surface area contributed by atoms with Gasteiger partial charge in [0.15, 0.2) is 5.69 Å². The maximum Gasteiger partial charge on any atom is 0.299 e. The van der Waals surface area contributed by atoms with Gasteiger partial charge in [-0.05, 0) is 45.0 Å². The molecule has 8 heteroatoms. The highest BCUT2D eigenvalue weighted by molar-refractivity contribution is 5.58. The second-order valence-electron chi connectivity index (χ2n) is 7.63. The van der Waals surface area contributed by atoms with Gasteiger partial charge in [0.05, 0.1) is 17.1 Å². The van der Waals surface area contributed by atoms with Crippen molar-refractivity contribution in [1.29, 1.82) is 5.26 Å². The van der Waals surface area contributed by atoms with Crippen LogP contribution in [0.15, 0.2) is 80.5 Å². The molecule has 2 heterocycles. The van der Waals surface area contributed by atoms with Gasteiger partial charge in [0, 0.05) is 18.3 Å². The smallest absolute Gasteiger partial charge is 0.283 e. The molecule has 8 nitrogen and oxygen atoms in total. The van der Waals surface area contributed by atoms with Gasteiger partial charge in [-0.1, -0.05) is 36.4 Å². The Morgan fingerprint density at radius 1 is 0.758 bits per heavy atom. The van der Waals surface area contributed by atoms with Gasteiger partial charge >= 0.3 is 0 Å². The largest absolute Gasteiger partial charge is 0.299 e. The van der Waals surface area contributed by atoms with Crippen LogP contribution in [0.3, 0.4) is 0 Å². The Morgan fingerprint density at radius 3 is 1.88 bits per heavy atom. The van der Waals surface area contributed by atoms with Crippen molar-refractivity contribution in [3.05, 3.63) is 104 Å². The minimum Gasteiger partial charge on any atom is -0.283 e. The first-order chi connectivity index (χ1) is 15.9. The highest BCUT2D eigenvalue weighted by Crippen LogP contribution is 2.28. The summed E-state index contributed by atoms with van der Waals surface area (Å²) in [6.07, 6.45) is 0. The number of azo groups is 1. The molecule has 2 aromatic carbocycles. The van der Waals surface area contributed by atoms with E-state index < -0.39 is 5.56 Å². The number of rotatable bonds is 4. The van der Waals surface area contributed by atoms with Crippen molar-refractivity contribution in [1.82, 2.24) is 13.9 Å². The molecule has 4 rings (SSSR count). The summed E-state index contributed by atoms with van der Waals surface area (Å²) >= 11 is 0. The van der Waals surface area contributed by atoms with Gasteiger partial charge in [0.2, 0.25) is 0 Å². The normalized spacial score (nSPS) is 11.1. The Bertz CT molecular complexity index is 1530. The fraction of sp³-hybridized carbons (Fsp3) is 0.160. The van der Waals surface area contributed by atoms with Crippen molar-refractivity contribution < 1.29 is 0 Å². The molecule has 2 aromatic heterocycles. The third-order valence-electron chi connectivity index (χ3n) is 5.73. The molecule has 0 atom stereocenters. The van der Waals surface area contributed by atoms with E-state index in [0.717, 1.165) is 0 Å². The van der Waals surface area contributed by atoms with Crippen molar-refractivity contribution in [3.63, 3.8) is 0 Å². The van der Waals surface area contributed by atoms with Crippen LogP contribution in [-0.2, 0) is 7.05 Å². The molecule has 0 bridgehead atoms. The number of hydrogen-bond donors (Lipinski definition) is 0. The maximum absolute atomic E-state index is 13.1. The van der Waals surface area contributed by atoms with E-state index in [0.29, 0.717) is 34.0 Å². The molecule has 0 aliphatic heterocycles. The molecule has 0 unspecified atom stereocenters. The monoisotopic (exact) mass is 438 g/mol. The van der Waals surface area contributed by atoms with Crippen LogP contribution < -0.4 is 11.1 Å². The quantitative estimate of drug-likeness (QED) is 0.438. The van der Waals surface area contributed by atoms with Crippen molar-refractivity contribution in [2.45, 2.75) is 20.8 Å². The molecule has 0 spiro atoms. The Kier molecular flexibility index (Phi) is 5.63. The molecule has 0 N–H and O–H groups in total. The summed E-state index contributed by atoms with van der Waals surface area (Å²) < 4.78 is 4.69. The van der Waals surface area contributed by atoms with Crippen molar-refractivity contribution in [2.24, 2.45) is 17.3 Å². The molecule has 0 saturated carbocycles. The van der Waals surface area contributed by atoms with Gasteiger partial charge in [0.25, 0.3) is 11.1 Å². The number of pyridine rings is 1. The minimum absolute atomic E-state index is 0.00937. The van der Waals surface area contributed by atoms with Gasteiger partial charge < -0.3 is 0 Å². The Labute approximate surface area is 190 Å². The summed E-state index contributed by atoms with van der Waals surface area (Å²) in [7, 11) is 1.78. The van der Waals surface area contributed by atoms with Crippen LogP contribution in [0.25, 0.3) is 11.4 Å². The fourth-order valence-electron chi connectivity index (χ4n) is 3.86. The highest BCUT2D eigenvalue weighted by Gasteiger charge is 2.20. The average Bonchev–Trinajstić information content (AvgIpc) is 3.03. The lowest BCUT2D eigenvalue weighted by molar-refractivity contribution is 0.630. The number of para-hydroxylation sites is 2. The predicted octanol–water partition coefficient (Wildman–Crippen LogP) is 4.54. The molecular weight excluding hydrogens is 416 g/mol.